The minimum atomic E-state index is -0.158. The van der Waals surface area contributed by atoms with Crippen molar-refractivity contribution in [2.24, 2.45) is 0 Å². The molecule has 1 amide bonds. The molecule has 154 valence electrons. The highest BCUT2D eigenvalue weighted by Crippen LogP contribution is 2.32. The summed E-state index contributed by atoms with van der Waals surface area (Å²) in [6, 6.07) is 16.2. The van der Waals surface area contributed by atoms with Crippen LogP contribution in [0.25, 0.3) is 10.9 Å². The maximum atomic E-state index is 12.9. The molecule has 1 atom stereocenters. The third kappa shape index (κ3) is 3.75. The monoisotopic (exact) mass is 466 g/mol. The lowest BCUT2D eigenvalue weighted by molar-refractivity contribution is 0.0950. The van der Waals surface area contributed by atoms with Crippen LogP contribution in [0.5, 0.6) is 5.75 Å². The first-order valence-corrected chi connectivity index (χ1v) is 10.5. The molecule has 30 heavy (non-hydrogen) atoms. The number of carbonyl (C=O) groups excluding carboxylic acids is 1. The Morgan fingerprint density at radius 3 is 2.53 bits per heavy atom. The first-order valence-electron chi connectivity index (χ1n) is 9.73. The van der Waals surface area contributed by atoms with Crippen molar-refractivity contribution in [2.45, 2.75) is 19.8 Å². The molecule has 2 aromatic carbocycles. The Balaban J connectivity index is 1.67. The van der Waals surface area contributed by atoms with E-state index in [1.807, 2.05) is 49.5 Å². The molecule has 2 aromatic heterocycles. The van der Waals surface area contributed by atoms with E-state index in [0.717, 1.165) is 27.8 Å². The highest BCUT2D eigenvalue weighted by molar-refractivity contribution is 9.10. The molecule has 6 heteroatoms. The van der Waals surface area contributed by atoms with Crippen molar-refractivity contribution in [3.8, 4) is 5.75 Å². The number of hydrogen-bond donors (Lipinski definition) is 2. The number of benzene rings is 2. The summed E-state index contributed by atoms with van der Waals surface area (Å²) in [5.41, 5.74) is 3.84. The number of para-hydroxylation sites is 1. The summed E-state index contributed by atoms with van der Waals surface area (Å²) >= 11 is 3.47. The average Bonchev–Trinajstić information content (AvgIpc) is 3.29. The van der Waals surface area contributed by atoms with Gasteiger partial charge in [0.05, 0.1) is 17.1 Å². The topological polar surface area (TPSA) is 67.3 Å². The molecule has 2 heterocycles. The standard InChI is InChI=1S/C24H23BrN2O3/c1-14-22(23(25)15(2)30-14)24(28)27-12-19(16-8-10-17(29-3)11-9-16)20-13-26-21-7-5-4-6-18(20)21/h4-11,13,19,26H,12H2,1-3H3,(H,27,28). The van der Waals surface area contributed by atoms with Crippen molar-refractivity contribution in [2.75, 3.05) is 13.7 Å². The van der Waals surface area contributed by atoms with E-state index in [-0.39, 0.29) is 11.8 Å². The smallest absolute Gasteiger partial charge is 0.256 e. The average molecular weight is 467 g/mol. The van der Waals surface area contributed by atoms with E-state index >= 15 is 0 Å². The first-order chi connectivity index (χ1) is 14.5. The second kappa shape index (κ2) is 8.40. The lowest BCUT2D eigenvalue weighted by Gasteiger charge is -2.18. The van der Waals surface area contributed by atoms with Crippen LogP contribution in [0, 0.1) is 13.8 Å². The highest BCUT2D eigenvalue weighted by Gasteiger charge is 2.23. The molecule has 0 aliphatic rings. The van der Waals surface area contributed by atoms with Crippen LogP contribution in [0.3, 0.4) is 0 Å². The van der Waals surface area contributed by atoms with Crippen molar-refractivity contribution in [3.63, 3.8) is 0 Å². The van der Waals surface area contributed by atoms with Gasteiger partial charge in [0.2, 0.25) is 0 Å². The quantitative estimate of drug-likeness (QED) is 0.382. The number of nitrogens with one attached hydrogen (secondary N) is 2. The number of methoxy groups -OCH3 is 1. The Hall–Kier alpha value is -2.99. The van der Waals surface area contributed by atoms with Gasteiger partial charge < -0.3 is 19.5 Å². The van der Waals surface area contributed by atoms with Gasteiger partial charge in [0, 0.05) is 29.6 Å². The number of hydrogen-bond acceptors (Lipinski definition) is 3. The Kier molecular flexibility index (Phi) is 5.68. The lowest BCUT2D eigenvalue weighted by atomic mass is 9.90. The van der Waals surface area contributed by atoms with E-state index in [1.165, 1.54) is 0 Å². The maximum Gasteiger partial charge on any atom is 0.256 e. The van der Waals surface area contributed by atoms with Crippen LogP contribution < -0.4 is 10.1 Å². The second-order valence-electron chi connectivity index (χ2n) is 7.23. The van der Waals surface area contributed by atoms with Crippen LogP contribution in [0.4, 0.5) is 0 Å². The molecule has 0 aliphatic carbocycles. The molecule has 0 saturated carbocycles. The summed E-state index contributed by atoms with van der Waals surface area (Å²) in [6.07, 6.45) is 2.02. The molecule has 5 nitrogen and oxygen atoms in total. The number of fused-ring (bicyclic) bond motifs is 1. The molecule has 4 aromatic rings. The number of aromatic nitrogens is 1. The van der Waals surface area contributed by atoms with E-state index in [2.05, 4.69) is 38.4 Å². The summed E-state index contributed by atoms with van der Waals surface area (Å²) in [4.78, 5) is 16.3. The fraction of sp³-hybridized carbons (Fsp3) is 0.208. The normalized spacial score (nSPS) is 12.1. The highest BCUT2D eigenvalue weighted by atomic mass is 79.9. The number of ether oxygens (including phenoxy) is 1. The number of aromatic amines is 1. The summed E-state index contributed by atoms with van der Waals surface area (Å²) < 4.78 is 11.6. The molecule has 4 rings (SSSR count). The summed E-state index contributed by atoms with van der Waals surface area (Å²) in [6.45, 7) is 4.08. The van der Waals surface area contributed by atoms with Gasteiger partial charge in [-0.05, 0) is 59.1 Å². The zero-order valence-corrected chi connectivity index (χ0v) is 18.7. The van der Waals surface area contributed by atoms with Gasteiger partial charge in [-0.3, -0.25) is 4.79 Å². The summed E-state index contributed by atoms with van der Waals surface area (Å²) in [5.74, 6) is 1.91. The maximum absolute atomic E-state index is 12.9. The lowest BCUT2D eigenvalue weighted by Crippen LogP contribution is -2.29. The molecule has 0 spiro atoms. The molecular weight excluding hydrogens is 444 g/mol. The summed E-state index contributed by atoms with van der Waals surface area (Å²) in [7, 11) is 1.65. The largest absolute Gasteiger partial charge is 0.497 e. The molecule has 0 fully saturated rings. The number of H-pyrrole nitrogens is 1. The van der Waals surface area contributed by atoms with Crippen molar-refractivity contribution in [1.82, 2.24) is 10.3 Å². The number of carbonyl (C=O) groups is 1. The van der Waals surface area contributed by atoms with Crippen molar-refractivity contribution in [3.05, 3.63) is 87.4 Å². The minimum absolute atomic E-state index is 0.0249. The van der Waals surface area contributed by atoms with Crippen LogP contribution in [0.15, 0.2) is 63.6 Å². The van der Waals surface area contributed by atoms with Crippen LogP contribution in [-0.4, -0.2) is 24.5 Å². The van der Waals surface area contributed by atoms with Gasteiger partial charge in [0.1, 0.15) is 17.3 Å². The Morgan fingerprint density at radius 2 is 1.87 bits per heavy atom. The van der Waals surface area contributed by atoms with Crippen molar-refractivity contribution >= 4 is 32.7 Å². The predicted octanol–water partition coefficient (Wildman–Crippen LogP) is 5.71. The Bertz CT molecular complexity index is 1190. The van der Waals surface area contributed by atoms with Gasteiger partial charge in [-0.2, -0.15) is 0 Å². The number of rotatable bonds is 6. The third-order valence-electron chi connectivity index (χ3n) is 5.40. The minimum Gasteiger partial charge on any atom is -0.497 e. The van der Waals surface area contributed by atoms with E-state index in [4.69, 9.17) is 9.15 Å². The molecule has 0 radical (unpaired) electrons. The van der Waals surface area contributed by atoms with E-state index in [9.17, 15) is 4.79 Å². The first kappa shape index (κ1) is 20.3. The predicted molar refractivity (Wildman–Crippen MR) is 121 cm³/mol. The van der Waals surface area contributed by atoms with Gasteiger partial charge in [-0.1, -0.05) is 30.3 Å². The third-order valence-corrected chi connectivity index (χ3v) is 6.35. The van der Waals surface area contributed by atoms with Gasteiger partial charge in [-0.15, -0.1) is 0 Å². The fourth-order valence-electron chi connectivity index (χ4n) is 3.82. The number of halogens is 1. The Morgan fingerprint density at radius 1 is 1.13 bits per heavy atom. The molecule has 0 bridgehead atoms. The van der Waals surface area contributed by atoms with Gasteiger partial charge >= 0.3 is 0 Å². The van der Waals surface area contributed by atoms with Gasteiger partial charge in [0.15, 0.2) is 0 Å². The summed E-state index contributed by atoms with van der Waals surface area (Å²) in [5, 5.41) is 4.24. The fourth-order valence-corrected chi connectivity index (χ4v) is 4.36. The van der Waals surface area contributed by atoms with Crippen molar-refractivity contribution in [1.29, 1.82) is 0 Å². The number of furan rings is 1. The number of aryl methyl sites for hydroxylation is 2. The van der Waals surface area contributed by atoms with Crippen molar-refractivity contribution < 1.29 is 13.9 Å². The Labute approximate surface area is 183 Å². The van der Waals surface area contributed by atoms with Crippen LogP contribution in [0.2, 0.25) is 0 Å². The van der Waals surface area contributed by atoms with E-state index in [0.29, 0.717) is 28.1 Å². The molecule has 0 aliphatic heterocycles. The second-order valence-corrected chi connectivity index (χ2v) is 8.02. The van der Waals surface area contributed by atoms with E-state index < -0.39 is 0 Å². The number of amides is 1. The zero-order valence-electron chi connectivity index (χ0n) is 17.1. The van der Waals surface area contributed by atoms with Crippen LogP contribution in [0.1, 0.15) is 38.9 Å². The van der Waals surface area contributed by atoms with E-state index in [1.54, 1.807) is 14.0 Å². The molecule has 0 saturated heterocycles. The van der Waals surface area contributed by atoms with Crippen LogP contribution in [-0.2, 0) is 0 Å². The molecular formula is C24H23BrN2O3. The van der Waals surface area contributed by atoms with Gasteiger partial charge in [-0.25, -0.2) is 0 Å². The SMILES string of the molecule is COc1ccc(C(CNC(=O)c2c(C)oc(C)c2Br)c2c[nH]c3ccccc23)cc1. The van der Waals surface area contributed by atoms with Crippen LogP contribution >= 0.6 is 15.9 Å². The molecule has 1 unspecified atom stereocenters. The molecule has 2 N–H and O–H groups in total. The van der Waals surface area contributed by atoms with Gasteiger partial charge in [0.25, 0.3) is 5.91 Å². The zero-order chi connectivity index (χ0) is 21.3.